The van der Waals surface area contributed by atoms with E-state index >= 15 is 0 Å². The molecule has 118 valence electrons. The van der Waals surface area contributed by atoms with Crippen molar-refractivity contribution >= 4 is 0 Å². The van der Waals surface area contributed by atoms with Crippen LogP contribution in [0.4, 0.5) is 22.0 Å². The lowest BCUT2D eigenvalue weighted by Gasteiger charge is -2.31. The Morgan fingerprint density at radius 1 is 1.14 bits per heavy atom. The summed E-state index contributed by atoms with van der Waals surface area (Å²) in [6.07, 6.45) is -2.57. The third-order valence-electron chi connectivity index (χ3n) is 3.95. The van der Waals surface area contributed by atoms with E-state index in [9.17, 15) is 27.1 Å². The summed E-state index contributed by atoms with van der Waals surface area (Å²) in [6.45, 7) is 1.42. The Morgan fingerprint density at radius 3 is 2.32 bits per heavy atom. The predicted octanol–water partition coefficient (Wildman–Crippen LogP) is 3.95. The monoisotopic (exact) mass is 317 g/mol. The maximum absolute atomic E-state index is 13.6. The van der Waals surface area contributed by atoms with Gasteiger partial charge < -0.3 is 9.67 Å². The van der Waals surface area contributed by atoms with Gasteiger partial charge in [0.05, 0.1) is 5.69 Å². The number of benzene rings is 1. The van der Waals surface area contributed by atoms with Crippen molar-refractivity contribution < 1.29 is 27.1 Å². The van der Waals surface area contributed by atoms with Crippen LogP contribution in [0.15, 0.2) is 18.2 Å². The second-order valence-corrected chi connectivity index (χ2v) is 5.42. The Labute approximate surface area is 122 Å². The molecule has 0 amide bonds. The summed E-state index contributed by atoms with van der Waals surface area (Å²) < 4.78 is 68.4. The number of aromatic nitrogens is 1. The summed E-state index contributed by atoms with van der Waals surface area (Å²) in [5.41, 5.74) is 0.687. The number of nitrogens with zero attached hydrogens (tertiary/aromatic N) is 1. The van der Waals surface area contributed by atoms with Gasteiger partial charge in [0.2, 0.25) is 0 Å². The highest BCUT2D eigenvalue weighted by Gasteiger charge is 2.45. The van der Waals surface area contributed by atoms with Crippen LogP contribution in [-0.2, 0) is 6.54 Å². The van der Waals surface area contributed by atoms with E-state index in [1.54, 1.807) is 0 Å². The molecule has 0 aliphatic carbocycles. The Balaban J connectivity index is 2.18. The van der Waals surface area contributed by atoms with Crippen LogP contribution in [0.5, 0.6) is 0 Å². The molecular formula is C15H12F5NO. The average Bonchev–Trinajstić information content (AvgIpc) is 2.77. The third-order valence-corrected chi connectivity index (χ3v) is 3.95. The van der Waals surface area contributed by atoms with Crippen LogP contribution in [0.2, 0.25) is 0 Å². The first-order valence-corrected chi connectivity index (χ1v) is 6.63. The highest BCUT2D eigenvalue weighted by Crippen LogP contribution is 2.43. The molecular weight excluding hydrogens is 305 g/mol. The molecule has 3 rings (SSSR count). The molecule has 2 aromatic rings. The van der Waals surface area contributed by atoms with E-state index in [0.717, 1.165) is 12.1 Å². The minimum atomic E-state index is -3.25. The van der Waals surface area contributed by atoms with Crippen LogP contribution >= 0.6 is 0 Å². The van der Waals surface area contributed by atoms with Crippen LogP contribution in [0.25, 0.3) is 11.3 Å². The van der Waals surface area contributed by atoms with E-state index in [4.69, 9.17) is 0 Å². The molecule has 1 aromatic carbocycles. The first-order chi connectivity index (χ1) is 10.2. The lowest BCUT2D eigenvalue weighted by molar-refractivity contribution is -0.131. The number of hydrogen-bond acceptors (Lipinski definition) is 1. The Bertz CT molecular complexity index is 730. The Morgan fingerprint density at radius 2 is 1.73 bits per heavy atom. The van der Waals surface area contributed by atoms with Crippen LogP contribution < -0.4 is 0 Å². The molecule has 0 saturated heterocycles. The zero-order chi connectivity index (χ0) is 16.2. The molecule has 1 unspecified atom stereocenters. The number of hydrogen-bond donors (Lipinski definition) is 1. The number of aliphatic hydroxyl groups is 1. The van der Waals surface area contributed by atoms with Crippen molar-refractivity contribution in [3.63, 3.8) is 0 Å². The molecule has 0 bridgehead atoms. The Hall–Kier alpha value is -1.89. The molecule has 7 heteroatoms. The van der Waals surface area contributed by atoms with Gasteiger partial charge in [-0.25, -0.2) is 22.0 Å². The number of alkyl halides is 2. The summed E-state index contributed by atoms with van der Waals surface area (Å²) in [7, 11) is 0. The minimum Gasteiger partial charge on any atom is -0.381 e. The average molecular weight is 317 g/mol. The summed E-state index contributed by atoms with van der Waals surface area (Å²) in [5, 5.41) is 9.80. The molecule has 1 aliphatic rings. The number of halogens is 5. The van der Waals surface area contributed by atoms with Crippen LogP contribution in [0.3, 0.4) is 0 Å². The molecule has 1 aliphatic heterocycles. The van der Waals surface area contributed by atoms with Gasteiger partial charge in [-0.15, -0.1) is 0 Å². The maximum Gasteiger partial charge on any atom is 0.280 e. The van der Waals surface area contributed by atoms with E-state index in [1.165, 1.54) is 17.6 Å². The van der Waals surface area contributed by atoms with Gasteiger partial charge in [-0.2, -0.15) is 0 Å². The second-order valence-electron chi connectivity index (χ2n) is 5.42. The summed E-state index contributed by atoms with van der Waals surface area (Å²) >= 11 is 0. The van der Waals surface area contributed by atoms with Crippen molar-refractivity contribution in [3.8, 4) is 11.3 Å². The van der Waals surface area contributed by atoms with Crippen molar-refractivity contribution in [2.45, 2.75) is 31.9 Å². The molecule has 0 saturated carbocycles. The topological polar surface area (TPSA) is 25.2 Å². The standard InChI is InChI=1S/C15H12F5NO/c1-7-4-11(8-5-9(16)12(18)10(17)6-8)21-3-2-15(19,20)14(22)13(7)21/h4-6,14,22H,2-3H2,1H3. The maximum atomic E-state index is 13.6. The fourth-order valence-corrected chi connectivity index (χ4v) is 2.84. The van der Waals surface area contributed by atoms with Gasteiger partial charge in [0.1, 0.15) is 0 Å². The zero-order valence-electron chi connectivity index (χ0n) is 11.5. The molecule has 22 heavy (non-hydrogen) atoms. The molecule has 0 fully saturated rings. The fraction of sp³-hybridized carbons (Fsp3) is 0.333. The quantitative estimate of drug-likeness (QED) is 0.625. The van der Waals surface area contributed by atoms with Gasteiger partial charge in [-0.3, -0.25) is 0 Å². The third kappa shape index (κ3) is 2.11. The van der Waals surface area contributed by atoms with Crippen molar-refractivity contribution in [1.82, 2.24) is 4.57 Å². The fourth-order valence-electron chi connectivity index (χ4n) is 2.84. The molecule has 1 N–H and O–H groups in total. The van der Waals surface area contributed by atoms with Crippen LogP contribution in [0, 0.1) is 24.4 Å². The second kappa shape index (κ2) is 4.81. The lowest BCUT2D eigenvalue weighted by atomic mass is 10.0. The first-order valence-electron chi connectivity index (χ1n) is 6.63. The smallest absolute Gasteiger partial charge is 0.280 e. The van der Waals surface area contributed by atoms with Crippen molar-refractivity contribution in [1.29, 1.82) is 0 Å². The SMILES string of the molecule is Cc1cc(-c2cc(F)c(F)c(F)c2)n2c1C(O)C(F)(F)CC2. The van der Waals surface area contributed by atoms with Crippen LogP contribution in [-0.4, -0.2) is 15.6 Å². The van der Waals surface area contributed by atoms with Gasteiger partial charge in [-0.05, 0) is 30.7 Å². The summed E-state index contributed by atoms with van der Waals surface area (Å²) in [4.78, 5) is 0. The van der Waals surface area contributed by atoms with E-state index in [0.29, 0.717) is 5.56 Å². The highest BCUT2D eigenvalue weighted by molar-refractivity contribution is 5.63. The van der Waals surface area contributed by atoms with Crippen molar-refractivity contribution in [2.24, 2.45) is 0 Å². The first kappa shape index (κ1) is 15.0. The van der Waals surface area contributed by atoms with Gasteiger partial charge in [0.25, 0.3) is 5.92 Å². The highest BCUT2D eigenvalue weighted by atomic mass is 19.3. The van der Waals surface area contributed by atoms with Crippen molar-refractivity contribution in [3.05, 3.63) is 46.9 Å². The van der Waals surface area contributed by atoms with Gasteiger partial charge >= 0.3 is 0 Å². The number of rotatable bonds is 1. The summed E-state index contributed by atoms with van der Waals surface area (Å²) in [5.74, 6) is -7.55. The van der Waals surface area contributed by atoms with E-state index in [2.05, 4.69) is 0 Å². The predicted molar refractivity (Wildman–Crippen MR) is 69.0 cm³/mol. The summed E-state index contributed by atoms with van der Waals surface area (Å²) in [6, 6.07) is 3.06. The molecule has 0 radical (unpaired) electrons. The molecule has 2 heterocycles. The van der Waals surface area contributed by atoms with Crippen molar-refractivity contribution in [2.75, 3.05) is 0 Å². The molecule has 1 atom stereocenters. The Kier molecular flexibility index (Phi) is 3.28. The van der Waals surface area contributed by atoms with Gasteiger partial charge in [-0.1, -0.05) is 0 Å². The van der Waals surface area contributed by atoms with E-state index < -0.39 is 35.9 Å². The van der Waals surface area contributed by atoms with E-state index in [-0.39, 0.29) is 23.5 Å². The number of fused-ring (bicyclic) bond motifs is 1. The van der Waals surface area contributed by atoms with Gasteiger partial charge in [0, 0.05) is 24.2 Å². The van der Waals surface area contributed by atoms with Crippen LogP contribution in [0.1, 0.15) is 23.8 Å². The normalized spacial score (nSPS) is 20.0. The number of aryl methyl sites for hydroxylation is 1. The minimum absolute atomic E-state index is 0.0105. The molecule has 0 spiro atoms. The largest absolute Gasteiger partial charge is 0.381 e. The molecule has 2 nitrogen and oxygen atoms in total. The van der Waals surface area contributed by atoms with Gasteiger partial charge in [0.15, 0.2) is 23.6 Å². The number of aliphatic hydroxyl groups excluding tert-OH is 1. The van der Waals surface area contributed by atoms with E-state index in [1.807, 2.05) is 0 Å². The lowest BCUT2D eigenvalue weighted by Crippen LogP contribution is -2.35. The molecule has 1 aromatic heterocycles. The zero-order valence-corrected chi connectivity index (χ0v) is 11.5.